The van der Waals surface area contributed by atoms with Crippen LogP contribution in [0.4, 0.5) is 13.2 Å². The number of benzene rings is 1. The monoisotopic (exact) mass is 257 g/mol. The maximum atomic E-state index is 13.4. The highest BCUT2D eigenvalue weighted by Crippen LogP contribution is 2.27. The Labute approximate surface area is 98.6 Å². The van der Waals surface area contributed by atoms with E-state index in [2.05, 4.69) is 9.72 Å². The van der Waals surface area contributed by atoms with E-state index in [1.165, 1.54) is 0 Å². The summed E-state index contributed by atoms with van der Waals surface area (Å²) in [5.74, 6) is -5.68. The van der Waals surface area contributed by atoms with Crippen LogP contribution in [-0.4, -0.2) is 23.2 Å². The van der Waals surface area contributed by atoms with Crippen molar-refractivity contribution in [1.82, 2.24) is 4.98 Å². The molecule has 7 heteroatoms. The molecule has 0 fully saturated rings. The maximum absolute atomic E-state index is 13.4. The molecule has 0 atom stereocenters. The molecule has 18 heavy (non-hydrogen) atoms. The zero-order chi connectivity index (χ0) is 13.4. The molecule has 0 aliphatic carbocycles. The lowest BCUT2D eigenvalue weighted by atomic mass is 10.1. The standard InChI is InChI=1S/C11H6F3NO3/c1-18-10-5(11(16)17)2-4-8(14)6(12)3-7(13)9(4)15-10/h2-3H,1H3,(H,16,17). The summed E-state index contributed by atoms with van der Waals surface area (Å²) in [6, 6.07) is 1.12. The quantitative estimate of drug-likeness (QED) is 0.839. The predicted octanol–water partition coefficient (Wildman–Crippen LogP) is 2.36. The molecule has 0 saturated carbocycles. The number of pyridine rings is 1. The number of carboxylic acid groups (broad SMARTS) is 1. The Balaban J connectivity index is 2.92. The number of methoxy groups -OCH3 is 1. The first-order valence-corrected chi connectivity index (χ1v) is 4.71. The first-order valence-electron chi connectivity index (χ1n) is 4.71. The van der Waals surface area contributed by atoms with Crippen LogP contribution in [0.1, 0.15) is 10.4 Å². The molecular formula is C11H6F3NO3. The van der Waals surface area contributed by atoms with Crippen LogP contribution in [0.25, 0.3) is 10.9 Å². The lowest BCUT2D eigenvalue weighted by Gasteiger charge is -2.07. The zero-order valence-electron chi connectivity index (χ0n) is 9.00. The fourth-order valence-electron chi connectivity index (χ4n) is 1.53. The number of aromatic nitrogens is 1. The van der Waals surface area contributed by atoms with Crippen molar-refractivity contribution >= 4 is 16.9 Å². The highest BCUT2D eigenvalue weighted by molar-refractivity contribution is 5.95. The van der Waals surface area contributed by atoms with E-state index in [1.54, 1.807) is 0 Å². The molecule has 4 nitrogen and oxygen atoms in total. The summed E-state index contributed by atoms with van der Waals surface area (Å²) in [5.41, 5.74) is -0.968. The molecule has 1 heterocycles. The largest absolute Gasteiger partial charge is 0.480 e. The smallest absolute Gasteiger partial charge is 0.341 e. The summed E-state index contributed by atoms with van der Waals surface area (Å²) >= 11 is 0. The van der Waals surface area contributed by atoms with Crippen molar-refractivity contribution in [2.24, 2.45) is 0 Å². The van der Waals surface area contributed by atoms with Gasteiger partial charge in [-0.25, -0.2) is 22.9 Å². The van der Waals surface area contributed by atoms with Crippen molar-refractivity contribution in [3.05, 3.63) is 35.1 Å². The van der Waals surface area contributed by atoms with Gasteiger partial charge in [-0.1, -0.05) is 0 Å². The Hall–Kier alpha value is -2.31. The number of carbonyl (C=O) groups is 1. The van der Waals surface area contributed by atoms with Crippen molar-refractivity contribution in [2.75, 3.05) is 7.11 Å². The first-order chi connectivity index (χ1) is 8.45. The fraction of sp³-hybridized carbons (Fsp3) is 0.0909. The van der Waals surface area contributed by atoms with Gasteiger partial charge in [-0.05, 0) is 6.07 Å². The lowest BCUT2D eigenvalue weighted by molar-refractivity contribution is 0.0692. The molecule has 1 N–H and O–H groups in total. The van der Waals surface area contributed by atoms with Gasteiger partial charge >= 0.3 is 5.97 Å². The van der Waals surface area contributed by atoms with E-state index in [1.807, 2.05) is 0 Å². The highest BCUT2D eigenvalue weighted by Gasteiger charge is 2.20. The molecule has 0 unspecified atom stereocenters. The van der Waals surface area contributed by atoms with Crippen molar-refractivity contribution in [2.45, 2.75) is 0 Å². The van der Waals surface area contributed by atoms with E-state index in [0.29, 0.717) is 6.07 Å². The number of halogens is 3. The molecule has 0 aliphatic rings. The Morgan fingerprint density at radius 3 is 2.50 bits per heavy atom. The van der Waals surface area contributed by atoms with Crippen LogP contribution in [0.2, 0.25) is 0 Å². The van der Waals surface area contributed by atoms with Gasteiger partial charge in [0.1, 0.15) is 11.1 Å². The predicted molar refractivity (Wildman–Crippen MR) is 55.1 cm³/mol. The summed E-state index contributed by atoms with van der Waals surface area (Å²) in [4.78, 5) is 14.4. The van der Waals surface area contributed by atoms with Crippen molar-refractivity contribution in [3.8, 4) is 5.88 Å². The Kier molecular flexibility index (Phi) is 2.82. The van der Waals surface area contributed by atoms with E-state index >= 15 is 0 Å². The van der Waals surface area contributed by atoms with E-state index < -0.39 is 39.9 Å². The molecule has 94 valence electrons. The summed E-state index contributed by atoms with van der Waals surface area (Å²) in [7, 11) is 1.14. The average Bonchev–Trinajstić information content (AvgIpc) is 2.34. The van der Waals surface area contributed by atoms with Crippen LogP contribution >= 0.6 is 0 Å². The van der Waals surface area contributed by atoms with Crippen LogP contribution < -0.4 is 4.74 Å². The molecular weight excluding hydrogens is 251 g/mol. The molecule has 0 aliphatic heterocycles. The van der Waals surface area contributed by atoms with E-state index in [-0.39, 0.29) is 5.88 Å². The minimum Gasteiger partial charge on any atom is -0.480 e. The summed E-state index contributed by atoms with van der Waals surface area (Å²) in [5, 5.41) is 8.31. The van der Waals surface area contributed by atoms with Gasteiger partial charge in [0.2, 0.25) is 5.88 Å². The van der Waals surface area contributed by atoms with Gasteiger partial charge in [-0.15, -0.1) is 0 Å². The normalized spacial score (nSPS) is 10.7. The molecule has 0 radical (unpaired) electrons. The first kappa shape index (κ1) is 12.2. The number of nitrogens with zero attached hydrogens (tertiary/aromatic N) is 1. The van der Waals surface area contributed by atoms with Crippen LogP contribution in [-0.2, 0) is 0 Å². The van der Waals surface area contributed by atoms with Crippen LogP contribution in [0.5, 0.6) is 5.88 Å². The van der Waals surface area contributed by atoms with Gasteiger partial charge in [-0.2, -0.15) is 0 Å². The van der Waals surface area contributed by atoms with E-state index in [9.17, 15) is 18.0 Å². The number of hydrogen-bond acceptors (Lipinski definition) is 3. The molecule has 0 saturated heterocycles. The van der Waals surface area contributed by atoms with Gasteiger partial charge in [0.15, 0.2) is 17.5 Å². The average molecular weight is 257 g/mol. The number of rotatable bonds is 2. The summed E-state index contributed by atoms with van der Waals surface area (Å²) in [6.45, 7) is 0. The number of fused-ring (bicyclic) bond motifs is 1. The summed E-state index contributed by atoms with van der Waals surface area (Å²) in [6.07, 6.45) is 0. The Morgan fingerprint density at radius 1 is 1.28 bits per heavy atom. The van der Waals surface area contributed by atoms with Crippen LogP contribution in [0.15, 0.2) is 12.1 Å². The van der Waals surface area contributed by atoms with Crippen LogP contribution in [0.3, 0.4) is 0 Å². The van der Waals surface area contributed by atoms with Gasteiger partial charge < -0.3 is 9.84 Å². The minimum absolute atomic E-state index is 0.338. The third-order valence-electron chi connectivity index (χ3n) is 2.34. The number of hydrogen-bond donors (Lipinski definition) is 1. The molecule has 0 spiro atoms. The van der Waals surface area contributed by atoms with Crippen molar-refractivity contribution in [1.29, 1.82) is 0 Å². The second kappa shape index (κ2) is 4.17. The van der Waals surface area contributed by atoms with Crippen molar-refractivity contribution in [3.63, 3.8) is 0 Å². The molecule has 2 aromatic rings. The van der Waals surface area contributed by atoms with Gasteiger partial charge in [-0.3, -0.25) is 0 Å². The fourth-order valence-corrected chi connectivity index (χ4v) is 1.53. The lowest BCUT2D eigenvalue weighted by Crippen LogP contribution is -2.04. The second-order valence-electron chi connectivity index (χ2n) is 3.40. The maximum Gasteiger partial charge on any atom is 0.341 e. The molecule has 2 rings (SSSR count). The minimum atomic E-state index is -1.44. The topological polar surface area (TPSA) is 59.4 Å². The highest BCUT2D eigenvalue weighted by atomic mass is 19.2. The SMILES string of the molecule is COc1nc2c(F)cc(F)c(F)c2cc1C(=O)O. The number of carboxylic acids is 1. The third-order valence-corrected chi connectivity index (χ3v) is 2.34. The van der Waals surface area contributed by atoms with E-state index in [0.717, 1.165) is 13.2 Å². The molecule has 0 bridgehead atoms. The van der Waals surface area contributed by atoms with Crippen molar-refractivity contribution < 1.29 is 27.8 Å². The second-order valence-corrected chi connectivity index (χ2v) is 3.40. The van der Waals surface area contributed by atoms with Gasteiger partial charge in [0.05, 0.1) is 7.11 Å². The number of aromatic carboxylic acids is 1. The molecule has 1 aromatic carbocycles. The Bertz CT molecular complexity index is 658. The number of ether oxygens (including phenoxy) is 1. The Morgan fingerprint density at radius 2 is 1.94 bits per heavy atom. The van der Waals surface area contributed by atoms with Crippen LogP contribution in [0, 0.1) is 17.5 Å². The molecule has 1 aromatic heterocycles. The van der Waals surface area contributed by atoms with E-state index in [4.69, 9.17) is 5.11 Å². The summed E-state index contributed by atoms with van der Waals surface area (Å²) < 4.78 is 44.5. The third kappa shape index (κ3) is 1.73. The van der Waals surface area contributed by atoms with Gasteiger partial charge in [0, 0.05) is 11.5 Å². The zero-order valence-corrected chi connectivity index (χ0v) is 9.00. The van der Waals surface area contributed by atoms with Gasteiger partial charge in [0.25, 0.3) is 0 Å². The molecule has 0 amide bonds.